The molecule has 0 aliphatic rings. The SMILES string of the molecule is CCN(CC)S(=O)(=O)c1cccc(-c2nnc(SCc3cccc(C(F)(F)F)c3)n2N)c1. The van der Waals surface area contributed by atoms with E-state index in [9.17, 15) is 21.6 Å². The minimum Gasteiger partial charge on any atom is -0.335 e. The fourth-order valence-electron chi connectivity index (χ4n) is 3.07. The third-order valence-corrected chi connectivity index (χ3v) is 7.78. The second-order valence-corrected chi connectivity index (χ2v) is 9.66. The lowest BCUT2D eigenvalue weighted by Crippen LogP contribution is -2.30. The number of hydrogen-bond acceptors (Lipinski definition) is 6. The van der Waals surface area contributed by atoms with E-state index in [-0.39, 0.29) is 21.6 Å². The zero-order valence-electron chi connectivity index (χ0n) is 17.4. The zero-order valence-corrected chi connectivity index (χ0v) is 19.0. The van der Waals surface area contributed by atoms with Crippen LogP contribution in [0, 0.1) is 0 Å². The van der Waals surface area contributed by atoms with Crippen LogP contribution in [0.3, 0.4) is 0 Å². The Morgan fingerprint density at radius 3 is 2.41 bits per heavy atom. The summed E-state index contributed by atoms with van der Waals surface area (Å²) >= 11 is 1.13. The summed E-state index contributed by atoms with van der Waals surface area (Å²) in [5, 5.41) is 8.34. The van der Waals surface area contributed by atoms with Crippen LogP contribution in [-0.2, 0) is 22.0 Å². The number of rotatable bonds is 8. The van der Waals surface area contributed by atoms with Gasteiger partial charge in [0.15, 0.2) is 5.82 Å². The molecule has 3 aromatic rings. The normalized spacial score (nSPS) is 12.4. The number of thioether (sulfide) groups is 1. The molecule has 0 atom stereocenters. The average Bonchev–Trinajstić information content (AvgIpc) is 3.13. The molecule has 0 fully saturated rings. The molecule has 32 heavy (non-hydrogen) atoms. The van der Waals surface area contributed by atoms with Gasteiger partial charge in [-0.3, -0.25) is 0 Å². The number of alkyl halides is 3. The van der Waals surface area contributed by atoms with E-state index in [1.807, 2.05) is 0 Å². The Kier molecular flexibility index (Phi) is 7.16. The van der Waals surface area contributed by atoms with E-state index in [1.165, 1.54) is 27.2 Å². The summed E-state index contributed by atoms with van der Waals surface area (Å²) in [5.74, 6) is 6.55. The fraction of sp³-hybridized carbons (Fsp3) is 0.300. The third kappa shape index (κ3) is 5.08. The molecule has 12 heteroatoms. The second-order valence-electron chi connectivity index (χ2n) is 6.78. The first kappa shape index (κ1) is 24.1. The number of hydrogen-bond donors (Lipinski definition) is 1. The van der Waals surface area contributed by atoms with E-state index in [0.717, 1.165) is 23.9 Å². The minimum absolute atomic E-state index is 0.111. The van der Waals surface area contributed by atoms with E-state index < -0.39 is 21.8 Å². The van der Waals surface area contributed by atoms with Crippen LogP contribution in [0.25, 0.3) is 11.4 Å². The van der Waals surface area contributed by atoms with Crippen LogP contribution in [0.15, 0.2) is 58.6 Å². The summed E-state index contributed by atoms with van der Waals surface area (Å²) in [4.78, 5) is 0.111. The maximum atomic E-state index is 12.9. The van der Waals surface area contributed by atoms with Gasteiger partial charge in [0.05, 0.1) is 10.5 Å². The molecule has 0 spiro atoms. The summed E-state index contributed by atoms with van der Waals surface area (Å²) in [7, 11) is -3.66. The van der Waals surface area contributed by atoms with Crippen molar-refractivity contribution in [2.24, 2.45) is 0 Å². The number of nitrogen functional groups attached to an aromatic ring is 1. The van der Waals surface area contributed by atoms with Gasteiger partial charge in [-0.15, -0.1) is 10.2 Å². The van der Waals surface area contributed by atoms with Gasteiger partial charge < -0.3 is 5.84 Å². The molecular formula is C20H22F3N5O2S2. The van der Waals surface area contributed by atoms with Crippen molar-refractivity contribution in [3.05, 3.63) is 59.7 Å². The number of nitrogens with zero attached hydrogens (tertiary/aromatic N) is 4. The van der Waals surface area contributed by atoms with E-state index in [0.29, 0.717) is 24.2 Å². The van der Waals surface area contributed by atoms with Gasteiger partial charge in [-0.2, -0.15) is 17.5 Å². The van der Waals surface area contributed by atoms with Crippen LogP contribution in [0.1, 0.15) is 25.0 Å². The standard InChI is InChI=1S/C20H22F3N5O2S2/c1-3-27(4-2)32(29,30)17-10-6-8-15(12-17)18-25-26-19(28(18)24)31-13-14-7-5-9-16(11-14)20(21,22)23/h5-12H,3-4,13,24H2,1-2H3. The van der Waals surface area contributed by atoms with Crippen LogP contribution in [-0.4, -0.2) is 40.7 Å². The third-order valence-electron chi connectivity index (χ3n) is 4.72. The van der Waals surface area contributed by atoms with Crippen molar-refractivity contribution in [3.63, 3.8) is 0 Å². The topological polar surface area (TPSA) is 94.1 Å². The highest BCUT2D eigenvalue weighted by Gasteiger charge is 2.30. The maximum absolute atomic E-state index is 12.9. The maximum Gasteiger partial charge on any atom is 0.416 e. The van der Waals surface area contributed by atoms with Crippen molar-refractivity contribution in [1.82, 2.24) is 19.2 Å². The lowest BCUT2D eigenvalue weighted by molar-refractivity contribution is -0.137. The number of sulfonamides is 1. The highest BCUT2D eigenvalue weighted by molar-refractivity contribution is 7.98. The molecule has 3 rings (SSSR count). The Balaban J connectivity index is 1.83. The van der Waals surface area contributed by atoms with Crippen LogP contribution in [0.4, 0.5) is 13.2 Å². The van der Waals surface area contributed by atoms with Gasteiger partial charge in [0.2, 0.25) is 15.2 Å². The van der Waals surface area contributed by atoms with E-state index >= 15 is 0 Å². The van der Waals surface area contributed by atoms with Crippen molar-refractivity contribution in [1.29, 1.82) is 0 Å². The minimum atomic E-state index is -4.42. The highest BCUT2D eigenvalue weighted by Crippen LogP contribution is 2.31. The molecular weight excluding hydrogens is 463 g/mol. The summed E-state index contributed by atoms with van der Waals surface area (Å²) in [6.45, 7) is 4.20. The fourth-order valence-corrected chi connectivity index (χ4v) is 5.37. The largest absolute Gasteiger partial charge is 0.416 e. The van der Waals surface area contributed by atoms with Crippen molar-refractivity contribution in [2.45, 2.75) is 35.8 Å². The molecule has 2 N–H and O–H groups in total. The van der Waals surface area contributed by atoms with Crippen molar-refractivity contribution >= 4 is 21.8 Å². The van der Waals surface area contributed by atoms with E-state index in [4.69, 9.17) is 5.84 Å². The molecule has 2 aromatic carbocycles. The predicted molar refractivity (Wildman–Crippen MR) is 117 cm³/mol. The molecule has 0 radical (unpaired) electrons. The quantitative estimate of drug-likeness (QED) is 0.383. The molecule has 1 aromatic heterocycles. The molecule has 7 nitrogen and oxygen atoms in total. The number of benzene rings is 2. The molecule has 0 saturated heterocycles. The molecule has 172 valence electrons. The van der Waals surface area contributed by atoms with Crippen LogP contribution >= 0.6 is 11.8 Å². The number of aromatic nitrogens is 3. The lowest BCUT2D eigenvalue weighted by Gasteiger charge is -2.18. The van der Waals surface area contributed by atoms with Gasteiger partial charge in [-0.25, -0.2) is 13.1 Å². The van der Waals surface area contributed by atoms with Gasteiger partial charge in [-0.1, -0.05) is 55.9 Å². The van der Waals surface area contributed by atoms with E-state index in [1.54, 1.807) is 32.0 Å². The van der Waals surface area contributed by atoms with Crippen molar-refractivity contribution in [2.75, 3.05) is 18.9 Å². The summed E-state index contributed by atoms with van der Waals surface area (Å²) in [5.41, 5.74) is 0.192. The van der Waals surface area contributed by atoms with Gasteiger partial charge in [0.25, 0.3) is 0 Å². The molecule has 1 heterocycles. The first-order valence-electron chi connectivity index (χ1n) is 9.68. The Bertz CT molecular complexity index is 1190. The van der Waals surface area contributed by atoms with Gasteiger partial charge >= 0.3 is 6.18 Å². The number of halogens is 3. The van der Waals surface area contributed by atoms with Gasteiger partial charge in [0.1, 0.15) is 0 Å². The average molecular weight is 486 g/mol. The monoisotopic (exact) mass is 485 g/mol. The molecule has 0 unspecified atom stereocenters. The Labute approximate surface area is 188 Å². The van der Waals surface area contributed by atoms with Gasteiger partial charge in [0, 0.05) is 24.4 Å². The van der Waals surface area contributed by atoms with Crippen molar-refractivity contribution in [3.8, 4) is 11.4 Å². The first-order chi connectivity index (χ1) is 15.1. The van der Waals surface area contributed by atoms with Crippen molar-refractivity contribution < 1.29 is 21.6 Å². The summed E-state index contributed by atoms with van der Waals surface area (Å²) in [6, 6.07) is 11.2. The second kappa shape index (κ2) is 9.51. The lowest BCUT2D eigenvalue weighted by atomic mass is 10.1. The van der Waals surface area contributed by atoms with E-state index in [2.05, 4.69) is 10.2 Å². The summed E-state index contributed by atoms with van der Waals surface area (Å²) < 4.78 is 66.8. The Morgan fingerprint density at radius 1 is 1.06 bits per heavy atom. The zero-order chi connectivity index (χ0) is 23.5. The predicted octanol–water partition coefficient (Wildman–Crippen LogP) is 4.00. The highest BCUT2D eigenvalue weighted by atomic mass is 32.2. The Morgan fingerprint density at radius 2 is 1.75 bits per heavy atom. The Hall–Kier alpha value is -2.57. The molecule has 0 bridgehead atoms. The van der Waals surface area contributed by atoms with Crippen LogP contribution in [0.2, 0.25) is 0 Å². The van der Waals surface area contributed by atoms with Gasteiger partial charge in [-0.05, 0) is 23.8 Å². The van der Waals surface area contributed by atoms with Crippen LogP contribution < -0.4 is 5.84 Å². The van der Waals surface area contributed by atoms with Crippen LogP contribution in [0.5, 0.6) is 0 Å². The molecule has 0 aliphatic heterocycles. The summed E-state index contributed by atoms with van der Waals surface area (Å²) in [6.07, 6.45) is -4.42. The smallest absolute Gasteiger partial charge is 0.335 e. The first-order valence-corrected chi connectivity index (χ1v) is 12.1. The molecule has 0 aliphatic carbocycles. The molecule has 0 saturated carbocycles. The number of nitrogens with two attached hydrogens (primary N) is 1. The molecule has 0 amide bonds.